The number of nitrogens with zero attached hydrogens (tertiary/aromatic N) is 1. The van der Waals surface area contributed by atoms with Crippen molar-refractivity contribution in [3.05, 3.63) is 29.8 Å². The first-order valence-electron chi connectivity index (χ1n) is 7.11. The Balaban J connectivity index is 2.63. The van der Waals surface area contributed by atoms with Gasteiger partial charge >= 0.3 is 0 Å². The predicted octanol–water partition coefficient (Wildman–Crippen LogP) is 3.92. The van der Waals surface area contributed by atoms with E-state index in [0.29, 0.717) is 6.04 Å². The van der Waals surface area contributed by atoms with E-state index in [1.54, 1.807) is 0 Å². The number of rotatable bonds is 7. The highest BCUT2D eigenvalue weighted by molar-refractivity contribution is 5.40. The zero-order valence-corrected chi connectivity index (χ0v) is 12.3. The molecule has 2 heteroatoms. The number of nitrogen functional groups attached to an aromatic ring is 1. The van der Waals surface area contributed by atoms with Crippen LogP contribution in [0, 0.1) is 5.92 Å². The zero-order chi connectivity index (χ0) is 13.5. The molecular formula is C16H28N2. The third-order valence-electron chi connectivity index (χ3n) is 3.39. The summed E-state index contributed by atoms with van der Waals surface area (Å²) in [6, 6.07) is 8.81. The minimum absolute atomic E-state index is 0.575. The molecule has 1 rings (SSSR count). The molecule has 0 heterocycles. The van der Waals surface area contributed by atoms with E-state index >= 15 is 0 Å². The Hall–Kier alpha value is -1.02. The molecule has 102 valence electrons. The van der Waals surface area contributed by atoms with Crippen molar-refractivity contribution in [2.24, 2.45) is 5.92 Å². The van der Waals surface area contributed by atoms with Crippen LogP contribution in [0.4, 0.5) is 5.69 Å². The van der Waals surface area contributed by atoms with Gasteiger partial charge in [-0.2, -0.15) is 0 Å². The summed E-state index contributed by atoms with van der Waals surface area (Å²) >= 11 is 0. The van der Waals surface area contributed by atoms with E-state index in [9.17, 15) is 0 Å². The highest BCUT2D eigenvalue weighted by Gasteiger charge is 2.13. The molecule has 0 saturated heterocycles. The third kappa shape index (κ3) is 5.09. The first kappa shape index (κ1) is 15.0. The Bertz CT molecular complexity index is 347. The smallest absolute Gasteiger partial charge is 0.0317 e. The standard InChI is InChI=1S/C16H28N2/c1-5-7-14(4)11-18(13(2)3)12-15-8-6-9-16(17)10-15/h6,8-10,13-14H,5,7,11-12,17H2,1-4H3. The Morgan fingerprint density at radius 1 is 1.22 bits per heavy atom. The lowest BCUT2D eigenvalue weighted by Crippen LogP contribution is -2.34. The fourth-order valence-electron chi connectivity index (χ4n) is 2.37. The normalized spacial score (nSPS) is 13.2. The second-order valence-corrected chi connectivity index (χ2v) is 5.66. The molecule has 1 aromatic rings. The molecule has 18 heavy (non-hydrogen) atoms. The topological polar surface area (TPSA) is 29.3 Å². The Morgan fingerprint density at radius 3 is 2.50 bits per heavy atom. The van der Waals surface area contributed by atoms with Crippen molar-refractivity contribution in [2.75, 3.05) is 12.3 Å². The zero-order valence-electron chi connectivity index (χ0n) is 12.3. The van der Waals surface area contributed by atoms with Crippen LogP contribution in [0.3, 0.4) is 0 Å². The van der Waals surface area contributed by atoms with Crippen molar-refractivity contribution < 1.29 is 0 Å². The maximum Gasteiger partial charge on any atom is 0.0317 e. The molecular weight excluding hydrogens is 220 g/mol. The molecule has 0 saturated carbocycles. The number of anilines is 1. The second kappa shape index (κ2) is 7.42. The van der Waals surface area contributed by atoms with E-state index in [0.717, 1.165) is 18.2 Å². The van der Waals surface area contributed by atoms with Crippen LogP contribution in [0.2, 0.25) is 0 Å². The van der Waals surface area contributed by atoms with E-state index in [1.807, 2.05) is 12.1 Å². The summed E-state index contributed by atoms with van der Waals surface area (Å²) in [6.07, 6.45) is 2.57. The largest absolute Gasteiger partial charge is 0.399 e. The molecule has 2 N–H and O–H groups in total. The molecule has 0 aromatic heterocycles. The van der Waals surface area contributed by atoms with Crippen molar-refractivity contribution in [3.63, 3.8) is 0 Å². The second-order valence-electron chi connectivity index (χ2n) is 5.66. The van der Waals surface area contributed by atoms with Gasteiger partial charge in [-0.05, 0) is 43.9 Å². The Morgan fingerprint density at radius 2 is 1.94 bits per heavy atom. The molecule has 0 radical (unpaired) electrons. The van der Waals surface area contributed by atoms with Gasteiger partial charge in [0.2, 0.25) is 0 Å². The molecule has 0 aliphatic heterocycles. The van der Waals surface area contributed by atoms with Crippen molar-refractivity contribution >= 4 is 5.69 Å². The van der Waals surface area contributed by atoms with Crippen molar-refractivity contribution in [3.8, 4) is 0 Å². The fraction of sp³-hybridized carbons (Fsp3) is 0.625. The molecule has 0 aliphatic rings. The maximum absolute atomic E-state index is 5.84. The highest BCUT2D eigenvalue weighted by atomic mass is 15.1. The van der Waals surface area contributed by atoms with Gasteiger partial charge in [0, 0.05) is 24.8 Å². The summed E-state index contributed by atoms with van der Waals surface area (Å²) in [4.78, 5) is 2.54. The number of hydrogen-bond donors (Lipinski definition) is 1. The lowest BCUT2D eigenvalue weighted by atomic mass is 10.0. The average molecular weight is 248 g/mol. The number of benzene rings is 1. The molecule has 0 amide bonds. The highest BCUT2D eigenvalue weighted by Crippen LogP contribution is 2.15. The molecule has 1 aromatic carbocycles. The lowest BCUT2D eigenvalue weighted by Gasteiger charge is -2.29. The predicted molar refractivity (Wildman–Crippen MR) is 80.5 cm³/mol. The molecule has 2 nitrogen and oxygen atoms in total. The van der Waals surface area contributed by atoms with Crippen LogP contribution in [-0.2, 0) is 6.54 Å². The van der Waals surface area contributed by atoms with Gasteiger partial charge in [0.15, 0.2) is 0 Å². The van der Waals surface area contributed by atoms with E-state index in [1.165, 1.54) is 24.9 Å². The summed E-state index contributed by atoms with van der Waals surface area (Å²) in [5, 5.41) is 0. The van der Waals surface area contributed by atoms with Crippen LogP contribution in [0.25, 0.3) is 0 Å². The van der Waals surface area contributed by atoms with Gasteiger partial charge < -0.3 is 5.73 Å². The minimum Gasteiger partial charge on any atom is -0.399 e. The molecule has 0 aliphatic carbocycles. The molecule has 0 spiro atoms. The summed E-state index contributed by atoms with van der Waals surface area (Å²) < 4.78 is 0. The van der Waals surface area contributed by atoms with Crippen LogP contribution in [0.5, 0.6) is 0 Å². The molecule has 0 fully saturated rings. The van der Waals surface area contributed by atoms with E-state index in [4.69, 9.17) is 5.73 Å². The van der Waals surface area contributed by atoms with Gasteiger partial charge in [0.1, 0.15) is 0 Å². The van der Waals surface area contributed by atoms with Gasteiger partial charge in [-0.3, -0.25) is 4.90 Å². The molecule has 1 unspecified atom stereocenters. The summed E-state index contributed by atoms with van der Waals surface area (Å²) in [5.41, 5.74) is 8.01. The van der Waals surface area contributed by atoms with Gasteiger partial charge in [0.25, 0.3) is 0 Å². The first-order valence-corrected chi connectivity index (χ1v) is 7.11. The van der Waals surface area contributed by atoms with E-state index in [-0.39, 0.29) is 0 Å². The summed E-state index contributed by atoms with van der Waals surface area (Å²) in [7, 11) is 0. The Kier molecular flexibility index (Phi) is 6.20. The van der Waals surface area contributed by atoms with Gasteiger partial charge in [0.05, 0.1) is 0 Å². The number of hydrogen-bond acceptors (Lipinski definition) is 2. The summed E-state index contributed by atoms with van der Waals surface area (Å²) in [6.45, 7) is 11.3. The lowest BCUT2D eigenvalue weighted by molar-refractivity contribution is 0.180. The Labute approximate surface area is 112 Å². The van der Waals surface area contributed by atoms with Gasteiger partial charge in [-0.1, -0.05) is 32.4 Å². The quantitative estimate of drug-likeness (QED) is 0.741. The van der Waals surface area contributed by atoms with Crippen LogP contribution in [-0.4, -0.2) is 17.5 Å². The van der Waals surface area contributed by atoms with Crippen LogP contribution >= 0.6 is 0 Å². The van der Waals surface area contributed by atoms with Crippen LogP contribution < -0.4 is 5.73 Å². The molecule has 1 atom stereocenters. The first-order chi connectivity index (χ1) is 8.52. The third-order valence-corrected chi connectivity index (χ3v) is 3.39. The number of nitrogens with two attached hydrogens (primary N) is 1. The van der Waals surface area contributed by atoms with E-state index < -0.39 is 0 Å². The fourth-order valence-corrected chi connectivity index (χ4v) is 2.37. The minimum atomic E-state index is 0.575. The van der Waals surface area contributed by atoms with Crippen molar-refractivity contribution in [1.29, 1.82) is 0 Å². The van der Waals surface area contributed by atoms with Gasteiger partial charge in [-0.25, -0.2) is 0 Å². The van der Waals surface area contributed by atoms with Crippen LogP contribution in [0.15, 0.2) is 24.3 Å². The summed E-state index contributed by atoms with van der Waals surface area (Å²) in [5.74, 6) is 0.762. The SMILES string of the molecule is CCCC(C)CN(Cc1cccc(N)c1)C(C)C. The average Bonchev–Trinajstić information content (AvgIpc) is 2.28. The molecule has 0 bridgehead atoms. The van der Waals surface area contributed by atoms with Crippen molar-refractivity contribution in [1.82, 2.24) is 4.90 Å². The van der Waals surface area contributed by atoms with Crippen LogP contribution in [0.1, 0.15) is 46.1 Å². The van der Waals surface area contributed by atoms with E-state index in [2.05, 4.69) is 44.7 Å². The van der Waals surface area contributed by atoms with Gasteiger partial charge in [-0.15, -0.1) is 0 Å². The van der Waals surface area contributed by atoms with Crippen molar-refractivity contribution in [2.45, 2.75) is 53.1 Å². The monoisotopic (exact) mass is 248 g/mol. The maximum atomic E-state index is 5.84.